The van der Waals surface area contributed by atoms with Crippen LogP contribution in [0.1, 0.15) is 61.3 Å². The molecule has 0 saturated heterocycles. The van der Waals surface area contributed by atoms with Crippen LogP contribution in [0.25, 0.3) is 0 Å². The Balaban J connectivity index is 2.51. The van der Waals surface area contributed by atoms with Crippen molar-refractivity contribution in [3.05, 3.63) is 102 Å². The van der Waals surface area contributed by atoms with Crippen molar-refractivity contribution in [2.24, 2.45) is 10.8 Å². The number of benzene rings is 2. The van der Waals surface area contributed by atoms with Gasteiger partial charge < -0.3 is 0 Å². The van der Waals surface area contributed by atoms with Crippen molar-refractivity contribution in [2.75, 3.05) is 0 Å². The first kappa shape index (κ1) is 31.5. The summed E-state index contributed by atoms with van der Waals surface area (Å²) in [6.45, 7) is 15.3. The van der Waals surface area contributed by atoms with Gasteiger partial charge in [0, 0.05) is 0 Å². The fourth-order valence-electron chi connectivity index (χ4n) is 8.54. The van der Waals surface area contributed by atoms with Gasteiger partial charge in [-0.15, -0.1) is 0 Å². The molecule has 0 saturated carbocycles. The molecule has 0 fully saturated rings. The molecule has 0 radical (unpaired) electrons. The van der Waals surface area contributed by atoms with Gasteiger partial charge in [0.15, 0.2) is 0 Å². The summed E-state index contributed by atoms with van der Waals surface area (Å²) in [6, 6.07) is 12.5. The fourth-order valence-corrected chi connectivity index (χ4v) is 37.2. The molecule has 224 valence electrons. The molecular weight excluding hydrogens is 594 g/mol. The molecule has 0 N–H and O–H groups in total. The van der Waals surface area contributed by atoms with E-state index in [9.17, 15) is 8.78 Å². The van der Waals surface area contributed by atoms with Crippen molar-refractivity contribution in [3.63, 3.8) is 0 Å². The Hall–Kier alpha value is -2.39. The van der Waals surface area contributed by atoms with Crippen LogP contribution < -0.4 is 5.63 Å². The van der Waals surface area contributed by atoms with E-state index in [0.29, 0.717) is 24.3 Å². The van der Waals surface area contributed by atoms with Gasteiger partial charge >= 0.3 is 236 Å². The van der Waals surface area contributed by atoms with Gasteiger partial charge in [-0.25, -0.2) is 0 Å². The van der Waals surface area contributed by atoms with Crippen LogP contribution in [0.15, 0.2) is 90.5 Å². The Bertz CT molecular complexity index is 1690. The SMILES string of the molecule is C[CH]=[Zr]([CH3])([CH3])([CH3])([CH3])([O]c1ccc(F)cc1)([O]c1ccc(F)cc1)([C]1=C(C(C)(C)C)C=CC1)[C]1=C(C(C)(C)C)C=CC1. The van der Waals surface area contributed by atoms with Crippen molar-refractivity contribution >= 4 is 3.71 Å². The average Bonchev–Trinajstić information content (AvgIpc) is 3.55. The molecule has 41 heavy (non-hydrogen) atoms. The molecule has 0 aromatic heterocycles. The normalized spacial score (nSPS) is 21.3. The number of halogens is 2. The zero-order valence-electron chi connectivity index (χ0n) is 27.0. The molecule has 4 rings (SSSR count). The van der Waals surface area contributed by atoms with E-state index in [1.165, 1.54) is 24.3 Å². The van der Waals surface area contributed by atoms with Crippen molar-refractivity contribution in [1.29, 1.82) is 0 Å². The number of hydrogen-bond donors (Lipinski definition) is 0. The Kier molecular flexibility index (Phi) is 5.17. The predicted octanol–water partition coefficient (Wildman–Crippen LogP) is 11.6. The third-order valence-electron chi connectivity index (χ3n) is 11.8. The molecular formula is C36H50F2O2Zr. The molecule has 0 aliphatic heterocycles. The van der Waals surface area contributed by atoms with E-state index < -0.39 is 13.2 Å². The van der Waals surface area contributed by atoms with Crippen molar-refractivity contribution in [2.45, 2.75) is 79.8 Å². The third-order valence-corrected chi connectivity index (χ3v) is 47.0. The Morgan fingerprint density at radius 2 is 0.927 bits per heavy atom. The van der Waals surface area contributed by atoms with Crippen LogP contribution in [0.4, 0.5) is 8.78 Å². The monoisotopic (exact) mass is 642 g/mol. The zero-order valence-corrected chi connectivity index (χ0v) is 29.5. The molecule has 0 unspecified atom stereocenters. The second-order valence-corrected chi connectivity index (χ2v) is 69.1. The van der Waals surface area contributed by atoms with Crippen molar-refractivity contribution in [3.8, 4) is 11.5 Å². The maximum atomic E-state index is 14.3. The van der Waals surface area contributed by atoms with Gasteiger partial charge in [-0.05, 0) is 0 Å². The Morgan fingerprint density at radius 1 is 0.610 bits per heavy atom. The standard InChI is InChI=1S/2C9H13.2C6H5FO.C2H4.4CH3.Zr/c2*1-9(2,3)8-6-4-5-7-8;2*7-5-1-3-6(8)4-2-5;1-2;;;;;/h2*4,6H,5H2,1-3H3;2*1-4,8H;1H,2H3;4*1H3;/q;;;;;;;;;+2/p-2. The van der Waals surface area contributed by atoms with Gasteiger partial charge in [-0.1, -0.05) is 0 Å². The first-order valence-electron chi connectivity index (χ1n) is 15.0. The fraction of sp³-hybridized carbons (Fsp3) is 0.417. The molecule has 0 atom stereocenters. The van der Waals surface area contributed by atoms with Crippen molar-refractivity contribution in [1.82, 2.24) is 0 Å². The summed E-state index contributed by atoms with van der Waals surface area (Å²) in [4.78, 5) is 0. The van der Waals surface area contributed by atoms with Crippen LogP contribution in [0.3, 0.4) is 0 Å². The van der Waals surface area contributed by atoms with E-state index in [0.717, 1.165) is 17.7 Å². The first-order chi connectivity index (χ1) is 18.2. The summed E-state index contributed by atoms with van der Waals surface area (Å²) < 4.78 is 58.0. The van der Waals surface area contributed by atoms with Gasteiger partial charge in [0.1, 0.15) is 0 Å². The van der Waals surface area contributed by atoms with E-state index >= 15 is 0 Å². The number of hydrogen-bond acceptors (Lipinski definition) is 2. The second-order valence-electron chi connectivity index (χ2n) is 19.8. The summed E-state index contributed by atoms with van der Waals surface area (Å²) in [6.07, 6.45) is 10.0. The number of allylic oxidation sites excluding steroid dienone is 8. The zero-order chi connectivity index (χ0) is 31.0. The summed E-state index contributed by atoms with van der Waals surface area (Å²) in [5.74, 6) is 0.299. The van der Waals surface area contributed by atoms with Crippen LogP contribution in [0.2, 0.25) is 18.5 Å². The molecule has 0 amide bonds. The molecule has 2 aromatic carbocycles. The molecule has 0 spiro atoms. The minimum atomic E-state index is -7.82. The van der Waals surface area contributed by atoms with E-state index in [4.69, 9.17) is 5.63 Å². The maximum absolute atomic E-state index is 14.3. The number of rotatable bonds is 6. The Morgan fingerprint density at radius 3 is 1.20 bits per heavy atom. The van der Waals surface area contributed by atoms with E-state index in [-0.39, 0.29) is 22.5 Å². The minimum absolute atomic E-state index is 0.270. The molecule has 2 aromatic rings. The van der Waals surface area contributed by atoms with Gasteiger partial charge in [0.05, 0.1) is 0 Å². The molecule has 0 bridgehead atoms. The van der Waals surface area contributed by atoms with Gasteiger partial charge in [-0.2, -0.15) is 0 Å². The van der Waals surface area contributed by atoms with Crippen molar-refractivity contribution < 1.29 is 27.6 Å². The average molecular weight is 644 g/mol. The van der Waals surface area contributed by atoms with Crippen LogP contribution in [-0.2, 0) is 13.2 Å². The first-order valence-corrected chi connectivity index (χ1v) is 30.7. The van der Waals surface area contributed by atoms with Gasteiger partial charge in [-0.3, -0.25) is 0 Å². The molecule has 0 heterocycles. The van der Waals surface area contributed by atoms with E-state index in [2.05, 4.69) is 95.0 Å². The summed E-state index contributed by atoms with van der Waals surface area (Å²) in [5, 5.41) is 0. The molecule has 2 aliphatic rings. The van der Waals surface area contributed by atoms with Crippen LogP contribution in [0, 0.1) is 22.5 Å². The molecule has 2 aliphatic carbocycles. The third kappa shape index (κ3) is 3.97. The van der Waals surface area contributed by atoms with Crippen LogP contribution in [0.5, 0.6) is 11.5 Å². The quantitative estimate of drug-likeness (QED) is 0.312. The van der Waals surface area contributed by atoms with Gasteiger partial charge in [0.25, 0.3) is 0 Å². The van der Waals surface area contributed by atoms with E-state index in [1.807, 2.05) is 0 Å². The summed E-state index contributed by atoms with van der Waals surface area (Å²) >= 11 is -7.82. The summed E-state index contributed by atoms with van der Waals surface area (Å²) in [7, 11) is 0. The van der Waals surface area contributed by atoms with Gasteiger partial charge in [0.2, 0.25) is 0 Å². The molecule has 2 nitrogen and oxygen atoms in total. The predicted molar refractivity (Wildman–Crippen MR) is 170 cm³/mol. The topological polar surface area (TPSA) is 18.5 Å². The molecule has 5 heteroatoms. The summed E-state index contributed by atoms with van der Waals surface area (Å²) in [5.41, 5.74) is 1.73. The Labute approximate surface area is 234 Å². The van der Waals surface area contributed by atoms with E-state index in [1.54, 1.807) is 24.3 Å². The second kappa shape index (κ2) is 6.72. The van der Waals surface area contributed by atoms with Crippen LogP contribution >= 0.6 is 0 Å². The van der Waals surface area contributed by atoms with Crippen LogP contribution in [-0.4, -0.2) is 3.71 Å².